The van der Waals surface area contributed by atoms with E-state index in [1.807, 2.05) is 56.3 Å². The van der Waals surface area contributed by atoms with E-state index in [9.17, 15) is 9.59 Å². The first-order valence-corrected chi connectivity index (χ1v) is 13.3. The maximum Gasteiger partial charge on any atom is 0.255 e. The van der Waals surface area contributed by atoms with Crippen LogP contribution in [-0.2, 0) is 4.79 Å². The Morgan fingerprint density at radius 3 is 2.41 bits per heavy atom. The van der Waals surface area contributed by atoms with Gasteiger partial charge in [-0.2, -0.15) is 0 Å². The van der Waals surface area contributed by atoms with E-state index in [2.05, 4.69) is 15.6 Å². The van der Waals surface area contributed by atoms with Crippen LogP contribution < -0.4 is 20.1 Å². The molecule has 2 amide bonds. The summed E-state index contributed by atoms with van der Waals surface area (Å²) in [6.07, 6.45) is 0. The predicted octanol–water partition coefficient (Wildman–Crippen LogP) is 6.43. The van der Waals surface area contributed by atoms with E-state index in [0.29, 0.717) is 27.9 Å². The molecule has 0 aliphatic carbocycles. The number of carbonyl (C=O) groups is 2. The molecule has 4 rings (SSSR count). The van der Waals surface area contributed by atoms with Crippen LogP contribution in [0.3, 0.4) is 0 Å². The number of hydrogen-bond donors (Lipinski definition) is 2. The Bertz CT molecular complexity index is 1420. The second-order valence-corrected chi connectivity index (χ2v) is 10.4. The molecule has 0 bridgehead atoms. The third-order valence-corrected chi connectivity index (χ3v) is 7.36. The smallest absolute Gasteiger partial charge is 0.255 e. The summed E-state index contributed by atoms with van der Waals surface area (Å²) in [7, 11) is 3.07. The lowest BCUT2D eigenvalue weighted by Crippen LogP contribution is -2.14. The van der Waals surface area contributed by atoms with E-state index in [-0.39, 0.29) is 17.6 Å². The van der Waals surface area contributed by atoms with Crippen LogP contribution in [0, 0.1) is 13.8 Å². The van der Waals surface area contributed by atoms with E-state index in [1.165, 1.54) is 35.8 Å². The van der Waals surface area contributed by atoms with Crippen molar-refractivity contribution >= 4 is 45.7 Å². The summed E-state index contributed by atoms with van der Waals surface area (Å²) in [6, 6.07) is 20.5. The minimum absolute atomic E-state index is 0.144. The summed E-state index contributed by atoms with van der Waals surface area (Å²) in [4.78, 5) is 31.8. The van der Waals surface area contributed by atoms with Crippen LogP contribution in [0.2, 0.25) is 0 Å². The molecular formula is C28H27N3O4S2. The molecule has 1 heterocycles. The standard InChI is InChI=1S/C28H27N3O4S2/c1-17-8-10-19(11-9-17)26-18(2)37-28(31-26)30-25(32)16-36-22-7-5-6-21(15-22)29-27(33)20-12-13-23(34-3)24(14-20)35-4/h5-15H,16H2,1-4H3,(H,29,33)(H,30,31,32). The number of carbonyl (C=O) groups excluding carboxylic acids is 2. The molecule has 7 nitrogen and oxygen atoms in total. The summed E-state index contributed by atoms with van der Waals surface area (Å²) in [5.74, 6) is 0.825. The minimum atomic E-state index is -0.274. The van der Waals surface area contributed by atoms with Crippen LogP contribution in [0.25, 0.3) is 11.3 Å². The molecule has 2 N–H and O–H groups in total. The van der Waals surface area contributed by atoms with Gasteiger partial charge in [0, 0.05) is 26.6 Å². The zero-order valence-electron chi connectivity index (χ0n) is 21.0. The van der Waals surface area contributed by atoms with Gasteiger partial charge in [0.15, 0.2) is 16.6 Å². The lowest BCUT2D eigenvalue weighted by molar-refractivity contribution is -0.113. The normalized spacial score (nSPS) is 10.6. The second kappa shape index (κ2) is 11.9. The van der Waals surface area contributed by atoms with E-state index in [4.69, 9.17) is 9.47 Å². The Kier molecular flexibility index (Phi) is 8.47. The van der Waals surface area contributed by atoms with E-state index in [1.54, 1.807) is 31.4 Å². The average molecular weight is 534 g/mol. The highest BCUT2D eigenvalue weighted by molar-refractivity contribution is 8.00. The molecule has 0 radical (unpaired) electrons. The fourth-order valence-corrected chi connectivity index (χ4v) is 5.18. The van der Waals surface area contributed by atoms with Crippen molar-refractivity contribution < 1.29 is 19.1 Å². The maximum absolute atomic E-state index is 12.7. The first kappa shape index (κ1) is 26.2. The van der Waals surface area contributed by atoms with Crippen molar-refractivity contribution in [3.63, 3.8) is 0 Å². The van der Waals surface area contributed by atoms with Gasteiger partial charge in [-0.05, 0) is 50.2 Å². The number of rotatable bonds is 9. The highest BCUT2D eigenvalue weighted by atomic mass is 32.2. The van der Waals surface area contributed by atoms with Crippen LogP contribution in [0.4, 0.5) is 10.8 Å². The van der Waals surface area contributed by atoms with Gasteiger partial charge >= 0.3 is 0 Å². The lowest BCUT2D eigenvalue weighted by atomic mass is 10.1. The zero-order valence-corrected chi connectivity index (χ0v) is 22.6. The number of aryl methyl sites for hydroxylation is 2. The van der Waals surface area contributed by atoms with Crippen molar-refractivity contribution in [2.24, 2.45) is 0 Å². The average Bonchev–Trinajstić information content (AvgIpc) is 3.27. The van der Waals surface area contributed by atoms with Gasteiger partial charge in [0.05, 0.1) is 25.7 Å². The van der Waals surface area contributed by atoms with Gasteiger partial charge in [0.1, 0.15) is 0 Å². The SMILES string of the molecule is COc1ccc(C(=O)Nc2cccc(SCC(=O)Nc3nc(-c4ccc(C)cc4)c(C)s3)c2)cc1OC. The molecule has 4 aromatic rings. The Morgan fingerprint density at radius 2 is 1.68 bits per heavy atom. The van der Waals surface area contributed by atoms with E-state index < -0.39 is 0 Å². The molecule has 0 atom stereocenters. The Balaban J connectivity index is 1.34. The Labute approximate surface area is 224 Å². The quantitative estimate of drug-likeness (QED) is 0.241. The number of ether oxygens (including phenoxy) is 2. The summed E-state index contributed by atoms with van der Waals surface area (Å²) >= 11 is 2.84. The van der Waals surface area contributed by atoms with Gasteiger partial charge in [-0.1, -0.05) is 35.9 Å². The highest BCUT2D eigenvalue weighted by Gasteiger charge is 2.14. The molecule has 0 aliphatic rings. The van der Waals surface area contributed by atoms with Crippen LogP contribution in [-0.4, -0.2) is 36.8 Å². The first-order chi connectivity index (χ1) is 17.9. The number of aromatic nitrogens is 1. The summed E-state index contributed by atoms with van der Waals surface area (Å²) in [5, 5.41) is 6.36. The van der Waals surface area contributed by atoms with Gasteiger partial charge < -0.3 is 20.1 Å². The lowest BCUT2D eigenvalue weighted by Gasteiger charge is -2.10. The second-order valence-electron chi connectivity index (χ2n) is 8.18. The molecule has 0 fully saturated rings. The molecule has 0 saturated heterocycles. The van der Waals surface area contributed by atoms with Gasteiger partial charge in [-0.15, -0.1) is 23.1 Å². The van der Waals surface area contributed by atoms with E-state index >= 15 is 0 Å². The van der Waals surface area contributed by atoms with Crippen LogP contribution >= 0.6 is 23.1 Å². The fraction of sp³-hybridized carbons (Fsp3) is 0.179. The third kappa shape index (κ3) is 6.69. The number of methoxy groups -OCH3 is 2. The van der Waals surface area contributed by atoms with Crippen molar-refractivity contribution in [3.05, 3.63) is 82.7 Å². The molecule has 9 heteroatoms. The minimum Gasteiger partial charge on any atom is -0.493 e. The molecule has 0 unspecified atom stereocenters. The predicted molar refractivity (Wildman–Crippen MR) is 150 cm³/mol. The van der Waals surface area contributed by atoms with Gasteiger partial charge in [-0.3, -0.25) is 9.59 Å². The van der Waals surface area contributed by atoms with E-state index in [0.717, 1.165) is 21.0 Å². The number of thioether (sulfide) groups is 1. The monoisotopic (exact) mass is 533 g/mol. The van der Waals surface area contributed by atoms with Crippen molar-refractivity contribution in [1.29, 1.82) is 0 Å². The number of thiazole rings is 1. The van der Waals surface area contributed by atoms with Gasteiger partial charge in [-0.25, -0.2) is 4.98 Å². The van der Waals surface area contributed by atoms with Crippen molar-refractivity contribution in [2.45, 2.75) is 18.7 Å². The number of amides is 2. The maximum atomic E-state index is 12.7. The largest absolute Gasteiger partial charge is 0.493 e. The molecular weight excluding hydrogens is 506 g/mol. The van der Waals surface area contributed by atoms with Crippen molar-refractivity contribution in [1.82, 2.24) is 4.98 Å². The van der Waals surface area contributed by atoms with Gasteiger partial charge in [0.2, 0.25) is 5.91 Å². The molecule has 0 saturated carbocycles. The van der Waals surface area contributed by atoms with Crippen LogP contribution in [0.1, 0.15) is 20.8 Å². The van der Waals surface area contributed by atoms with Crippen molar-refractivity contribution in [3.8, 4) is 22.8 Å². The van der Waals surface area contributed by atoms with Crippen LogP contribution in [0.5, 0.6) is 11.5 Å². The third-order valence-electron chi connectivity index (χ3n) is 5.48. The molecule has 0 aliphatic heterocycles. The summed E-state index contributed by atoms with van der Waals surface area (Å²) in [5.41, 5.74) is 4.17. The number of hydrogen-bond acceptors (Lipinski definition) is 7. The highest BCUT2D eigenvalue weighted by Crippen LogP contribution is 2.31. The molecule has 3 aromatic carbocycles. The molecule has 190 valence electrons. The zero-order chi connectivity index (χ0) is 26.4. The number of nitrogens with zero attached hydrogens (tertiary/aromatic N) is 1. The summed E-state index contributed by atoms with van der Waals surface area (Å²) < 4.78 is 10.5. The Hall–Kier alpha value is -3.82. The topological polar surface area (TPSA) is 89.5 Å². The first-order valence-electron chi connectivity index (χ1n) is 11.5. The molecule has 1 aromatic heterocycles. The van der Waals surface area contributed by atoms with Crippen LogP contribution in [0.15, 0.2) is 71.6 Å². The van der Waals surface area contributed by atoms with Crippen molar-refractivity contribution in [2.75, 3.05) is 30.6 Å². The summed E-state index contributed by atoms with van der Waals surface area (Å²) in [6.45, 7) is 4.04. The molecule has 0 spiro atoms. The Morgan fingerprint density at radius 1 is 0.919 bits per heavy atom. The number of anilines is 2. The molecule has 37 heavy (non-hydrogen) atoms. The fourth-order valence-electron chi connectivity index (χ4n) is 3.58. The number of nitrogens with one attached hydrogen (secondary N) is 2. The van der Waals surface area contributed by atoms with Gasteiger partial charge in [0.25, 0.3) is 5.91 Å². The number of benzene rings is 3.